The number of aromatic nitrogens is 2. The highest BCUT2D eigenvalue weighted by molar-refractivity contribution is 9.10. The van der Waals surface area contributed by atoms with E-state index in [1.165, 1.54) is 13.1 Å². The Bertz CT molecular complexity index is 712. The number of carboxylic acid groups (broad SMARTS) is 1. The Balaban J connectivity index is 2.18. The van der Waals surface area contributed by atoms with Gasteiger partial charge in [0.05, 0.1) is 17.4 Å². The number of carbonyl (C=O) groups excluding carboxylic acids is 1. The molecule has 0 saturated heterocycles. The fraction of sp³-hybridized carbons (Fsp3) is 0.312. The Morgan fingerprint density at radius 2 is 2.00 bits per heavy atom. The lowest BCUT2D eigenvalue weighted by Crippen LogP contribution is -2.52. The van der Waals surface area contributed by atoms with Crippen molar-refractivity contribution in [3.8, 4) is 5.69 Å². The summed E-state index contributed by atoms with van der Waals surface area (Å²) < 4.78 is 2.52. The van der Waals surface area contributed by atoms with Crippen molar-refractivity contribution in [3.63, 3.8) is 0 Å². The molecule has 1 aromatic heterocycles. The Morgan fingerprint density at radius 1 is 1.35 bits per heavy atom. The first kappa shape index (κ1) is 17.2. The molecule has 2 N–H and O–H groups in total. The van der Waals surface area contributed by atoms with Gasteiger partial charge in [-0.05, 0) is 37.6 Å². The van der Waals surface area contributed by atoms with Gasteiger partial charge >= 0.3 is 5.97 Å². The molecule has 7 heteroatoms. The Hall–Kier alpha value is -2.15. The van der Waals surface area contributed by atoms with E-state index in [2.05, 4.69) is 26.3 Å². The number of hydrogen-bond acceptors (Lipinski definition) is 3. The molecule has 2 aromatic rings. The van der Waals surface area contributed by atoms with Crippen molar-refractivity contribution in [2.75, 3.05) is 0 Å². The number of nitrogens with zero attached hydrogens (tertiary/aromatic N) is 2. The molecule has 1 atom stereocenters. The lowest BCUT2D eigenvalue weighted by molar-refractivity contribution is -0.144. The van der Waals surface area contributed by atoms with Crippen molar-refractivity contribution in [2.45, 2.75) is 32.2 Å². The lowest BCUT2D eigenvalue weighted by atomic mass is 9.96. The minimum absolute atomic E-state index is 0.316. The van der Waals surface area contributed by atoms with Gasteiger partial charge in [0.1, 0.15) is 5.54 Å². The first-order valence-electron chi connectivity index (χ1n) is 7.22. The van der Waals surface area contributed by atoms with Gasteiger partial charge in [-0.1, -0.05) is 29.3 Å². The molecule has 0 aliphatic rings. The predicted molar refractivity (Wildman–Crippen MR) is 89.7 cm³/mol. The number of hydrogen-bond donors (Lipinski definition) is 2. The van der Waals surface area contributed by atoms with Crippen LogP contribution >= 0.6 is 15.9 Å². The van der Waals surface area contributed by atoms with Crippen LogP contribution in [0.2, 0.25) is 0 Å². The maximum Gasteiger partial charge on any atom is 0.329 e. The third kappa shape index (κ3) is 3.98. The van der Waals surface area contributed by atoms with E-state index in [4.69, 9.17) is 0 Å². The fourth-order valence-electron chi connectivity index (χ4n) is 2.22. The zero-order valence-corrected chi connectivity index (χ0v) is 14.5. The van der Waals surface area contributed by atoms with Crippen LogP contribution in [0.1, 0.15) is 37.0 Å². The predicted octanol–water partition coefficient (Wildman–Crippen LogP) is 3.01. The summed E-state index contributed by atoms with van der Waals surface area (Å²) in [5, 5.41) is 16.1. The minimum atomic E-state index is -1.29. The van der Waals surface area contributed by atoms with E-state index in [1.807, 2.05) is 31.2 Å². The van der Waals surface area contributed by atoms with Crippen molar-refractivity contribution in [1.82, 2.24) is 15.1 Å². The molecule has 1 heterocycles. The van der Waals surface area contributed by atoms with E-state index in [9.17, 15) is 14.7 Å². The number of carboxylic acids is 1. The van der Waals surface area contributed by atoms with E-state index in [0.29, 0.717) is 18.4 Å². The van der Waals surface area contributed by atoms with Gasteiger partial charge in [-0.2, -0.15) is 5.10 Å². The molecule has 0 spiro atoms. The number of halogens is 1. The summed E-state index contributed by atoms with van der Waals surface area (Å²) in [7, 11) is 0. The summed E-state index contributed by atoms with van der Waals surface area (Å²) in [5.74, 6) is -1.50. The molecule has 0 radical (unpaired) electrons. The summed E-state index contributed by atoms with van der Waals surface area (Å²) in [6.07, 6.45) is 4.01. The third-order valence-corrected chi connectivity index (χ3v) is 4.08. The van der Waals surface area contributed by atoms with E-state index in [-0.39, 0.29) is 0 Å². The first-order chi connectivity index (χ1) is 10.9. The molecule has 122 valence electrons. The van der Waals surface area contributed by atoms with Crippen molar-refractivity contribution < 1.29 is 14.7 Å². The molecule has 1 aromatic carbocycles. The Kier molecular flexibility index (Phi) is 5.20. The van der Waals surface area contributed by atoms with Gasteiger partial charge in [0.2, 0.25) is 0 Å². The number of aliphatic carboxylic acids is 1. The van der Waals surface area contributed by atoms with Gasteiger partial charge in [0.25, 0.3) is 5.91 Å². The molecule has 1 amide bonds. The van der Waals surface area contributed by atoms with Gasteiger partial charge < -0.3 is 10.4 Å². The average molecular weight is 380 g/mol. The second-order valence-corrected chi connectivity index (χ2v) is 6.41. The highest BCUT2D eigenvalue weighted by Crippen LogP contribution is 2.16. The van der Waals surface area contributed by atoms with E-state index < -0.39 is 17.4 Å². The second kappa shape index (κ2) is 6.95. The maximum absolute atomic E-state index is 12.3. The van der Waals surface area contributed by atoms with Crippen molar-refractivity contribution in [2.24, 2.45) is 0 Å². The maximum atomic E-state index is 12.3. The van der Waals surface area contributed by atoms with Crippen LogP contribution in [0.15, 0.2) is 41.1 Å². The molecule has 23 heavy (non-hydrogen) atoms. The third-order valence-electron chi connectivity index (χ3n) is 3.55. The van der Waals surface area contributed by atoms with Crippen LogP contribution in [-0.4, -0.2) is 32.3 Å². The van der Waals surface area contributed by atoms with Crippen molar-refractivity contribution in [1.29, 1.82) is 0 Å². The molecule has 0 aliphatic carbocycles. The van der Waals surface area contributed by atoms with Gasteiger partial charge in [-0.25, -0.2) is 9.48 Å². The van der Waals surface area contributed by atoms with Crippen LogP contribution in [0.25, 0.3) is 5.69 Å². The normalized spacial score (nSPS) is 13.3. The monoisotopic (exact) mass is 379 g/mol. The molecule has 2 rings (SSSR count). The minimum Gasteiger partial charge on any atom is -0.480 e. The van der Waals surface area contributed by atoms with Crippen LogP contribution in [0.3, 0.4) is 0 Å². The second-order valence-electron chi connectivity index (χ2n) is 5.49. The van der Waals surface area contributed by atoms with Gasteiger partial charge in [-0.15, -0.1) is 0 Å². The number of nitrogens with one attached hydrogen (secondary N) is 1. The van der Waals surface area contributed by atoms with Gasteiger partial charge in [-0.3, -0.25) is 4.79 Å². The van der Waals surface area contributed by atoms with E-state index >= 15 is 0 Å². The Morgan fingerprint density at radius 3 is 2.57 bits per heavy atom. The molecule has 1 unspecified atom stereocenters. The highest BCUT2D eigenvalue weighted by Gasteiger charge is 2.34. The molecule has 0 bridgehead atoms. The number of amides is 1. The van der Waals surface area contributed by atoms with E-state index in [0.717, 1.165) is 10.2 Å². The zero-order chi connectivity index (χ0) is 17.0. The van der Waals surface area contributed by atoms with E-state index in [1.54, 1.807) is 10.9 Å². The van der Waals surface area contributed by atoms with Crippen LogP contribution in [-0.2, 0) is 4.79 Å². The smallest absolute Gasteiger partial charge is 0.329 e. The summed E-state index contributed by atoms with van der Waals surface area (Å²) in [4.78, 5) is 23.7. The SMILES string of the molecule is CCCC(C)(NC(=O)c1cnn(-c2ccc(Br)cc2)c1)C(=O)O. The largest absolute Gasteiger partial charge is 0.480 e. The summed E-state index contributed by atoms with van der Waals surface area (Å²) in [6.45, 7) is 3.38. The fourth-order valence-corrected chi connectivity index (χ4v) is 2.49. The van der Waals surface area contributed by atoms with Crippen LogP contribution < -0.4 is 5.32 Å². The molecular weight excluding hydrogens is 362 g/mol. The molecule has 6 nitrogen and oxygen atoms in total. The van der Waals surface area contributed by atoms with Crippen LogP contribution in [0.4, 0.5) is 0 Å². The van der Waals surface area contributed by atoms with Gasteiger partial charge in [0, 0.05) is 10.7 Å². The lowest BCUT2D eigenvalue weighted by Gasteiger charge is -2.25. The summed E-state index contributed by atoms with van der Waals surface area (Å²) in [5.41, 5.74) is -0.163. The number of rotatable bonds is 6. The summed E-state index contributed by atoms with van der Waals surface area (Å²) >= 11 is 3.36. The first-order valence-corrected chi connectivity index (χ1v) is 8.01. The van der Waals surface area contributed by atoms with Crippen LogP contribution in [0, 0.1) is 0 Å². The topological polar surface area (TPSA) is 84.2 Å². The van der Waals surface area contributed by atoms with Gasteiger partial charge in [0.15, 0.2) is 0 Å². The zero-order valence-electron chi connectivity index (χ0n) is 12.9. The highest BCUT2D eigenvalue weighted by atomic mass is 79.9. The summed E-state index contributed by atoms with van der Waals surface area (Å²) in [6, 6.07) is 7.47. The van der Waals surface area contributed by atoms with Crippen molar-refractivity contribution in [3.05, 3.63) is 46.7 Å². The molecule has 0 fully saturated rings. The molecular formula is C16H18BrN3O3. The molecule has 0 saturated carbocycles. The molecule has 0 aliphatic heterocycles. The number of carbonyl (C=O) groups is 2. The van der Waals surface area contributed by atoms with Crippen molar-refractivity contribution >= 4 is 27.8 Å². The Labute approximate surface area is 142 Å². The van der Waals surface area contributed by atoms with Crippen LogP contribution in [0.5, 0.6) is 0 Å². The quantitative estimate of drug-likeness (QED) is 0.807. The number of benzene rings is 1. The average Bonchev–Trinajstić information content (AvgIpc) is 2.98. The standard InChI is InChI=1S/C16H18BrN3O3/c1-3-8-16(2,15(22)23)19-14(21)11-9-18-20(10-11)13-6-4-12(17)5-7-13/h4-7,9-10H,3,8H2,1-2H3,(H,19,21)(H,22,23).